The molecule has 0 bridgehead atoms. The fourth-order valence-electron chi connectivity index (χ4n) is 5.56. The highest BCUT2D eigenvalue weighted by Crippen LogP contribution is 2.33. The van der Waals surface area contributed by atoms with Crippen LogP contribution in [0.5, 0.6) is 5.75 Å². The smallest absolute Gasteiger partial charge is 0.408 e. The Balaban J connectivity index is 2.18. The maximum absolute atomic E-state index is 15.1. The van der Waals surface area contributed by atoms with Crippen molar-refractivity contribution in [1.29, 1.82) is 0 Å². The van der Waals surface area contributed by atoms with Gasteiger partial charge in [-0.2, -0.15) is 0 Å². The van der Waals surface area contributed by atoms with Crippen molar-refractivity contribution in [2.24, 2.45) is 0 Å². The highest BCUT2D eigenvalue weighted by molar-refractivity contribution is 5.94. The third-order valence-corrected chi connectivity index (χ3v) is 8.27. The first-order chi connectivity index (χ1) is 23.7. The van der Waals surface area contributed by atoms with Crippen LogP contribution in [-0.2, 0) is 36.7 Å². The van der Waals surface area contributed by atoms with Gasteiger partial charge in [-0.1, -0.05) is 79.2 Å². The zero-order valence-corrected chi connectivity index (χ0v) is 31.7. The Bertz CT molecular complexity index is 1640. The minimum Gasteiger partial charge on any atom is -0.508 e. The number of nitrogens with zero attached hydrogens (tertiary/aromatic N) is 1. The number of esters is 1. The Kier molecular flexibility index (Phi) is 13.4. The molecule has 0 spiro atoms. The van der Waals surface area contributed by atoms with Crippen LogP contribution in [0, 0.1) is 6.92 Å². The van der Waals surface area contributed by atoms with Crippen LogP contribution in [0.2, 0.25) is 0 Å². The van der Waals surface area contributed by atoms with E-state index in [1.165, 1.54) is 17.0 Å². The zero-order valence-electron chi connectivity index (χ0n) is 31.7. The number of benzene rings is 3. The molecule has 0 saturated heterocycles. The lowest BCUT2D eigenvalue weighted by Crippen LogP contribution is -2.60. The van der Waals surface area contributed by atoms with E-state index in [9.17, 15) is 19.5 Å². The van der Waals surface area contributed by atoms with Gasteiger partial charge < -0.3 is 30.1 Å². The maximum Gasteiger partial charge on any atom is 0.408 e. The number of carbonyl (C=O) groups excluding carboxylic acids is 4. The zero-order chi connectivity index (χ0) is 38.1. The number of phenols is 1. The number of ether oxygens (including phenoxy) is 2. The largest absolute Gasteiger partial charge is 0.508 e. The minimum absolute atomic E-state index is 0.0470. The van der Waals surface area contributed by atoms with Gasteiger partial charge in [0.15, 0.2) is 0 Å². The molecule has 3 rings (SSSR count). The molecule has 0 aliphatic heterocycles. The van der Waals surface area contributed by atoms with E-state index in [4.69, 9.17) is 9.47 Å². The van der Waals surface area contributed by atoms with Crippen molar-refractivity contribution in [2.45, 2.75) is 123 Å². The Morgan fingerprint density at radius 1 is 0.725 bits per heavy atom. The SMILES string of the molecule is CCC(C)(C)N(C(=O)C(Cc1ccc(O)cc1)NC(=O)OC(C)(C)C)C(C(=O)NC(Cc1ccccc1)C(=O)OC(C)(C)C)c1cccc(C)c1. The number of carbonyl (C=O) groups is 4. The Morgan fingerprint density at radius 2 is 1.29 bits per heavy atom. The van der Waals surface area contributed by atoms with Crippen LogP contribution in [0.3, 0.4) is 0 Å². The number of hydrogen-bond acceptors (Lipinski definition) is 7. The molecule has 0 fully saturated rings. The molecule has 3 atom stereocenters. The summed E-state index contributed by atoms with van der Waals surface area (Å²) >= 11 is 0. The van der Waals surface area contributed by atoms with Gasteiger partial charge in [-0.15, -0.1) is 0 Å². The van der Waals surface area contributed by atoms with Gasteiger partial charge in [-0.05, 0) is 97.6 Å². The summed E-state index contributed by atoms with van der Waals surface area (Å²) in [6.07, 6.45) is -0.132. The molecule has 3 aromatic carbocycles. The normalized spacial score (nSPS) is 13.7. The lowest BCUT2D eigenvalue weighted by Gasteiger charge is -2.45. The number of aryl methyl sites for hydroxylation is 1. The summed E-state index contributed by atoms with van der Waals surface area (Å²) < 4.78 is 11.3. The highest BCUT2D eigenvalue weighted by atomic mass is 16.6. The summed E-state index contributed by atoms with van der Waals surface area (Å²) in [5, 5.41) is 15.6. The van der Waals surface area contributed by atoms with Gasteiger partial charge in [0.2, 0.25) is 11.8 Å². The molecular weight excluding hydrogens is 646 g/mol. The van der Waals surface area contributed by atoms with Gasteiger partial charge in [0, 0.05) is 18.4 Å². The Morgan fingerprint density at radius 3 is 1.84 bits per heavy atom. The molecule has 3 unspecified atom stereocenters. The van der Waals surface area contributed by atoms with E-state index in [0.717, 1.165) is 11.1 Å². The summed E-state index contributed by atoms with van der Waals surface area (Å²) in [6, 6.07) is 19.5. The van der Waals surface area contributed by atoms with Crippen LogP contribution in [0.15, 0.2) is 78.9 Å². The second kappa shape index (κ2) is 16.9. The molecule has 3 aromatic rings. The molecular formula is C41H55N3O7. The first-order valence-electron chi connectivity index (χ1n) is 17.4. The van der Waals surface area contributed by atoms with Crippen LogP contribution < -0.4 is 10.6 Å². The fraction of sp³-hybridized carbons (Fsp3) is 0.463. The monoisotopic (exact) mass is 701 g/mol. The number of aromatic hydroxyl groups is 1. The molecule has 10 nitrogen and oxygen atoms in total. The number of nitrogens with one attached hydrogen (secondary N) is 2. The first kappa shape index (κ1) is 40.6. The summed E-state index contributed by atoms with van der Waals surface area (Å²) in [5.74, 6) is -1.66. The summed E-state index contributed by atoms with van der Waals surface area (Å²) in [5.41, 5.74) is 0.315. The molecule has 51 heavy (non-hydrogen) atoms. The van der Waals surface area contributed by atoms with E-state index in [0.29, 0.717) is 17.5 Å². The standard InChI is InChI=1S/C41H55N3O7/c1-11-41(9,10)44(36(47)32(43-38(49)51-40(6,7)8)25-29-20-22-31(45)23-21-29)34(30-19-15-16-27(2)24-30)35(46)42-33(37(48)50-39(3,4)5)26-28-17-13-12-14-18-28/h12-24,32-34,45H,11,25-26H2,1-10H3,(H,42,46)(H,43,49). The maximum atomic E-state index is 15.1. The van der Waals surface area contributed by atoms with Crippen molar-refractivity contribution >= 4 is 23.9 Å². The van der Waals surface area contributed by atoms with Crippen LogP contribution in [-0.4, -0.2) is 62.7 Å². The molecule has 0 radical (unpaired) electrons. The van der Waals surface area contributed by atoms with Crippen molar-refractivity contribution in [3.05, 3.63) is 101 Å². The van der Waals surface area contributed by atoms with Gasteiger partial charge in [0.05, 0.1) is 0 Å². The molecule has 0 aliphatic rings. The number of phenolic OH excluding ortho intramolecular Hbond substituents is 1. The second-order valence-corrected chi connectivity index (χ2v) is 15.5. The van der Waals surface area contributed by atoms with Crippen LogP contribution >= 0.6 is 0 Å². The van der Waals surface area contributed by atoms with Gasteiger partial charge >= 0.3 is 12.1 Å². The average Bonchev–Trinajstić information content (AvgIpc) is 3.02. The molecule has 0 saturated carbocycles. The Labute approximate surface area is 302 Å². The van der Waals surface area contributed by atoms with Gasteiger partial charge in [-0.25, -0.2) is 9.59 Å². The predicted molar refractivity (Wildman–Crippen MR) is 198 cm³/mol. The quantitative estimate of drug-likeness (QED) is 0.164. The molecule has 0 aliphatic carbocycles. The van der Waals surface area contributed by atoms with E-state index in [2.05, 4.69) is 10.6 Å². The van der Waals surface area contributed by atoms with Crippen LogP contribution in [0.25, 0.3) is 0 Å². The van der Waals surface area contributed by atoms with Crippen molar-refractivity contribution in [2.75, 3.05) is 0 Å². The molecule has 276 valence electrons. The minimum atomic E-state index is -1.21. The average molecular weight is 702 g/mol. The number of amides is 3. The molecule has 3 amide bonds. The lowest BCUT2D eigenvalue weighted by molar-refractivity contribution is -0.159. The topological polar surface area (TPSA) is 134 Å². The second-order valence-electron chi connectivity index (χ2n) is 15.5. The van der Waals surface area contributed by atoms with E-state index >= 15 is 4.79 Å². The van der Waals surface area contributed by atoms with Crippen molar-refractivity contribution < 1.29 is 33.8 Å². The highest BCUT2D eigenvalue weighted by Gasteiger charge is 2.44. The molecule has 3 N–H and O–H groups in total. The number of alkyl carbamates (subject to hydrolysis) is 1. The molecule has 0 aromatic heterocycles. The van der Waals surface area contributed by atoms with E-state index in [1.54, 1.807) is 59.7 Å². The molecule has 10 heteroatoms. The van der Waals surface area contributed by atoms with Crippen LogP contribution in [0.4, 0.5) is 4.79 Å². The third kappa shape index (κ3) is 12.5. The van der Waals surface area contributed by atoms with Crippen molar-refractivity contribution in [1.82, 2.24) is 15.5 Å². The Hall–Kier alpha value is -4.86. The summed E-state index contributed by atoms with van der Waals surface area (Å²) in [4.78, 5) is 58.2. The predicted octanol–water partition coefficient (Wildman–Crippen LogP) is 6.96. The van der Waals surface area contributed by atoms with Crippen LogP contribution in [0.1, 0.15) is 97.0 Å². The lowest BCUT2D eigenvalue weighted by atomic mass is 9.90. The van der Waals surface area contributed by atoms with Gasteiger partial charge in [0.1, 0.15) is 35.1 Å². The third-order valence-electron chi connectivity index (χ3n) is 8.27. The fourth-order valence-corrected chi connectivity index (χ4v) is 5.56. The van der Waals surface area contributed by atoms with Crippen molar-refractivity contribution in [3.63, 3.8) is 0 Å². The summed E-state index contributed by atoms with van der Waals surface area (Å²) in [6.45, 7) is 18.0. The number of rotatable bonds is 13. The number of hydrogen-bond donors (Lipinski definition) is 3. The first-order valence-corrected chi connectivity index (χ1v) is 17.4. The van der Waals surface area contributed by atoms with Crippen molar-refractivity contribution in [3.8, 4) is 5.75 Å². The van der Waals surface area contributed by atoms with E-state index in [-0.39, 0.29) is 18.6 Å². The van der Waals surface area contributed by atoms with E-state index < -0.39 is 58.7 Å². The van der Waals surface area contributed by atoms with E-state index in [1.807, 2.05) is 76.2 Å². The van der Waals surface area contributed by atoms with Gasteiger partial charge in [-0.3, -0.25) is 9.59 Å². The summed E-state index contributed by atoms with van der Waals surface area (Å²) in [7, 11) is 0. The van der Waals surface area contributed by atoms with Gasteiger partial charge in [0.25, 0.3) is 0 Å². The molecule has 0 heterocycles.